The number of aromatic nitrogens is 2. The van der Waals surface area contributed by atoms with E-state index < -0.39 is 5.97 Å². The second-order valence-electron chi connectivity index (χ2n) is 8.04. The standard InChI is InChI=1S/C25H26N4O4S/c1-4-33-21(30)14-28-23(22(27-25(28)34)19-10-7-8-12-26-19)18-13-15(2)29(16(18)3)20-11-6-5-9-17(20)24(31)32/h5-13,22-23H,4,14H2,1-3H3,(H,27,34)(H,31,32)/t22-,23-/m0/s1. The zero-order valence-corrected chi connectivity index (χ0v) is 20.0. The lowest BCUT2D eigenvalue weighted by Crippen LogP contribution is -2.35. The topological polar surface area (TPSA) is 96.7 Å². The Labute approximate surface area is 203 Å². The van der Waals surface area contributed by atoms with E-state index in [0.717, 1.165) is 22.6 Å². The molecule has 1 fully saturated rings. The van der Waals surface area contributed by atoms with Crippen molar-refractivity contribution in [2.45, 2.75) is 32.9 Å². The maximum absolute atomic E-state index is 12.4. The number of nitrogens with zero attached hydrogens (tertiary/aromatic N) is 3. The summed E-state index contributed by atoms with van der Waals surface area (Å²) in [5.74, 6) is -1.37. The Morgan fingerprint density at radius 1 is 1.18 bits per heavy atom. The maximum atomic E-state index is 12.4. The fraction of sp³-hybridized carbons (Fsp3) is 0.280. The number of carbonyl (C=O) groups is 2. The third-order valence-corrected chi connectivity index (χ3v) is 6.32. The molecule has 0 saturated carbocycles. The van der Waals surface area contributed by atoms with E-state index in [-0.39, 0.29) is 36.8 Å². The highest BCUT2D eigenvalue weighted by molar-refractivity contribution is 7.80. The van der Waals surface area contributed by atoms with Crippen molar-refractivity contribution in [1.29, 1.82) is 0 Å². The Hall–Kier alpha value is -3.72. The van der Waals surface area contributed by atoms with Gasteiger partial charge in [0.05, 0.1) is 35.6 Å². The summed E-state index contributed by atoms with van der Waals surface area (Å²) in [5, 5.41) is 13.5. The van der Waals surface area contributed by atoms with Crippen molar-refractivity contribution in [3.05, 3.63) is 82.9 Å². The monoisotopic (exact) mass is 478 g/mol. The molecule has 0 radical (unpaired) electrons. The molecule has 0 bridgehead atoms. The molecule has 8 nitrogen and oxygen atoms in total. The molecule has 9 heteroatoms. The highest BCUT2D eigenvalue weighted by atomic mass is 32.1. The predicted molar refractivity (Wildman–Crippen MR) is 131 cm³/mol. The van der Waals surface area contributed by atoms with Gasteiger partial charge >= 0.3 is 11.9 Å². The van der Waals surface area contributed by atoms with Gasteiger partial charge in [-0.1, -0.05) is 18.2 Å². The molecular weight excluding hydrogens is 452 g/mol. The number of hydrogen-bond acceptors (Lipinski definition) is 5. The quantitative estimate of drug-likeness (QED) is 0.392. The molecule has 1 aromatic carbocycles. The molecule has 0 spiro atoms. The van der Waals surface area contributed by atoms with E-state index in [2.05, 4.69) is 10.3 Å². The molecule has 176 valence electrons. The van der Waals surface area contributed by atoms with E-state index in [1.807, 2.05) is 53.6 Å². The average molecular weight is 479 g/mol. The first-order valence-corrected chi connectivity index (χ1v) is 11.4. The maximum Gasteiger partial charge on any atom is 0.337 e. The number of ether oxygens (including phenoxy) is 1. The van der Waals surface area contributed by atoms with E-state index in [1.165, 1.54) is 0 Å². The van der Waals surface area contributed by atoms with Crippen molar-refractivity contribution in [3.8, 4) is 5.69 Å². The van der Waals surface area contributed by atoms with Crippen LogP contribution >= 0.6 is 12.2 Å². The van der Waals surface area contributed by atoms with Crippen LogP contribution in [0.5, 0.6) is 0 Å². The van der Waals surface area contributed by atoms with Crippen LogP contribution in [0.1, 0.15) is 52.0 Å². The van der Waals surface area contributed by atoms with Crippen molar-refractivity contribution in [2.24, 2.45) is 0 Å². The van der Waals surface area contributed by atoms with Gasteiger partial charge in [0.1, 0.15) is 6.54 Å². The van der Waals surface area contributed by atoms with Gasteiger partial charge in [0, 0.05) is 17.6 Å². The number of hydrogen-bond donors (Lipinski definition) is 2. The van der Waals surface area contributed by atoms with Crippen molar-refractivity contribution in [1.82, 2.24) is 19.8 Å². The van der Waals surface area contributed by atoms with Gasteiger partial charge in [-0.05, 0) is 68.9 Å². The number of rotatable bonds is 7. The second-order valence-corrected chi connectivity index (χ2v) is 8.43. The lowest BCUT2D eigenvalue weighted by atomic mass is 9.96. The third kappa shape index (κ3) is 4.26. The van der Waals surface area contributed by atoms with Gasteiger partial charge in [0.2, 0.25) is 0 Å². The van der Waals surface area contributed by atoms with E-state index in [1.54, 1.807) is 31.3 Å². The van der Waals surface area contributed by atoms with Crippen LogP contribution in [0.3, 0.4) is 0 Å². The van der Waals surface area contributed by atoms with Crippen LogP contribution < -0.4 is 5.32 Å². The van der Waals surface area contributed by atoms with Crippen LogP contribution in [-0.2, 0) is 9.53 Å². The minimum Gasteiger partial charge on any atom is -0.478 e. The van der Waals surface area contributed by atoms with Gasteiger partial charge in [-0.15, -0.1) is 0 Å². The van der Waals surface area contributed by atoms with E-state index in [9.17, 15) is 14.7 Å². The molecule has 1 saturated heterocycles. The Balaban J connectivity index is 1.85. The number of esters is 1. The zero-order chi connectivity index (χ0) is 24.4. The normalized spacial score (nSPS) is 17.5. The molecule has 3 aromatic rings. The summed E-state index contributed by atoms with van der Waals surface area (Å²) in [7, 11) is 0. The van der Waals surface area contributed by atoms with Crippen LogP contribution in [0.25, 0.3) is 5.69 Å². The van der Waals surface area contributed by atoms with Gasteiger partial charge in [-0.2, -0.15) is 0 Å². The van der Waals surface area contributed by atoms with E-state index in [0.29, 0.717) is 10.8 Å². The number of thiocarbonyl (C=S) groups is 1. The van der Waals surface area contributed by atoms with Gasteiger partial charge < -0.3 is 24.6 Å². The molecule has 2 aromatic heterocycles. The molecule has 1 aliphatic rings. The fourth-order valence-corrected chi connectivity index (χ4v) is 4.87. The first-order valence-electron chi connectivity index (χ1n) is 11.0. The van der Waals surface area contributed by atoms with E-state index in [4.69, 9.17) is 17.0 Å². The smallest absolute Gasteiger partial charge is 0.337 e. The Morgan fingerprint density at radius 3 is 2.59 bits per heavy atom. The van der Waals surface area contributed by atoms with Gasteiger partial charge in [-0.25, -0.2) is 4.79 Å². The SMILES string of the molecule is CCOC(=O)CN1C(=S)N[C@@H](c2ccccn2)[C@@H]1c1cc(C)n(-c2ccccc2C(=O)O)c1C. The lowest BCUT2D eigenvalue weighted by molar-refractivity contribution is -0.143. The molecular formula is C25H26N4O4S. The number of nitrogens with one attached hydrogen (secondary N) is 1. The van der Waals surface area contributed by atoms with Gasteiger partial charge in [0.25, 0.3) is 0 Å². The van der Waals surface area contributed by atoms with Crippen LogP contribution in [0.15, 0.2) is 54.7 Å². The zero-order valence-electron chi connectivity index (χ0n) is 19.2. The van der Waals surface area contributed by atoms with Crippen molar-refractivity contribution >= 4 is 29.3 Å². The molecule has 2 atom stereocenters. The first kappa shape index (κ1) is 23.4. The summed E-state index contributed by atoms with van der Waals surface area (Å²) < 4.78 is 7.12. The highest BCUT2D eigenvalue weighted by Gasteiger charge is 2.42. The largest absolute Gasteiger partial charge is 0.478 e. The van der Waals surface area contributed by atoms with Crippen LogP contribution in [0, 0.1) is 13.8 Å². The van der Waals surface area contributed by atoms with E-state index >= 15 is 0 Å². The summed E-state index contributed by atoms with van der Waals surface area (Å²) in [6.07, 6.45) is 1.72. The highest BCUT2D eigenvalue weighted by Crippen LogP contribution is 2.41. The molecule has 0 unspecified atom stereocenters. The summed E-state index contributed by atoms with van der Waals surface area (Å²) in [6.45, 7) is 5.91. The summed E-state index contributed by atoms with van der Waals surface area (Å²) >= 11 is 5.62. The number of pyridine rings is 1. The third-order valence-electron chi connectivity index (χ3n) is 5.97. The lowest BCUT2D eigenvalue weighted by Gasteiger charge is -2.27. The van der Waals surface area contributed by atoms with Gasteiger partial charge in [0.15, 0.2) is 5.11 Å². The minimum atomic E-state index is -0.997. The molecule has 4 rings (SSSR count). The Bertz CT molecular complexity index is 1240. The minimum absolute atomic E-state index is 0.0109. The molecule has 1 aliphatic heterocycles. The molecule has 0 amide bonds. The first-order chi connectivity index (χ1) is 16.3. The van der Waals surface area contributed by atoms with Crippen LogP contribution in [-0.4, -0.2) is 49.8 Å². The van der Waals surface area contributed by atoms with Crippen molar-refractivity contribution < 1.29 is 19.4 Å². The number of carboxylic acid groups (broad SMARTS) is 1. The second kappa shape index (κ2) is 9.64. The van der Waals surface area contributed by atoms with Crippen molar-refractivity contribution in [3.63, 3.8) is 0 Å². The summed E-state index contributed by atoms with van der Waals surface area (Å²) in [4.78, 5) is 30.7. The number of carbonyl (C=O) groups excluding carboxylic acids is 1. The number of carboxylic acids is 1. The number of aromatic carboxylic acids is 1. The number of benzene rings is 1. The average Bonchev–Trinajstić information content (AvgIpc) is 3.29. The molecule has 34 heavy (non-hydrogen) atoms. The number of aryl methyl sites for hydroxylation is 1. The summed E-state index contributed by atoms with van der Waals surface area (Å²) in [5.41, 5.74) is 4.23. The Kier molecular flexibility index (Phi) is 6.65. The fourth-order valence-electron chi connectivity index (χ4n) is 4.57. The van der Waals surface area contributed by atoms with Gasteiger partial charge in [-0.3, -0.25) is 9.78 Å². The summed E-state index contributed by atoms with van der Waals surface area (Å²) in [6, 6.07) is 13.9. The Morgan fingerprint density at radius 2 is 1.91 bits per heavy atom. The van der Waals surface area contributed by atoms with Crippen molar-refractivity contribution in [2.75, 3.05) is 13.2 Å². The molecule has 3 heterocycles. The van der Waals surface area contributed by atoms with Crippen LogP contribution in [0.2, 0.25) is 0 Å². The van der Waals surface area contributed by atoms with Crippen LogP contribution in [0.4, 0.5) is 0 Å². The predicted octanol–water partition coefficient (Wildman–Crippen LogP) is 3.72. The molecule has 2 N–H and O–H groups in total. The number of para-hydroxylation sites is 1. The molecule has 0 aliphatic carbocycles.